The van der Waals surface area contributed by atoms with Crippen LogP contribution in [0.25, 0.3) is 0 Å². The van der Waals surface area contributed by atoms with E-state index >= 15 is 0 Å². The van der Waals surface area contributed by atoms with E-state index < -0.39 is 5.54 Å². The quantitative estimate of drug-likeness (QED) is 0.755. The molecule has 3 heteroatoms. The Morgan fingerprint density at radius 3 is 2.60 bits per heavy atom. The summed E-state index contributed by atoms with van der Waals surface area (Å²) < 4.78 is 0. The Labute approximate surface area is 90.5 Å². The van der Waals surface area contributed by atoms with Crippen LogP contribution in [-0.2, 0) is 0 Å². The second-order valence-corrected chi connectivity index (χ2v) is 4.53. The van der Waals surface area contributed by atoms with E-state index in [4.69, 9.17) is 5.73 Å². The summed E-state index contributed by atoms with van der Waals surface area (Å²) in [5, 5.41) is 9.18. The van der Waals surface area contributed by atoms with Gasteiger partial charge in [-0.15, -0.1) is 0 Å². The molecule has 0 radical (unpaired) electrons. The summed E-state index contributed by atoms with van der Waals surface area (Å²) in [6, 6.07) is 8.42. The van der Waals surface area contributed by atoms with E-state index in [1.165, 1.54) is 11.3 Å². The van der Waals surface area contributed by atoms with Gasteiger partial charge in [0.1, 0.15) is 0 Å². The van der Waals surface area contributed by atoms with Crippen LogP contribution in [0.5, 0.6) is 0 Å². The maximum Gasteiger partial charge on any atom is 0.0629 e. The van der Waals surface area contributed by atoms with E-state index in [0.717, 1.165) is 19.5 Å². The van der Waals surface area contributed by atoms with Crippen molar-refractivity contribution in [3.8, 4) is 0 Å². The lowest BCUT2D eigenvalue weighted by atomic mass is 10.0. The van der Waals surface area contributed by atoms with E-state index in [1.54, 1.807) is 0 Å². The van der Waals surface area contributed by atoms with Crippen LogP contribution >= 0.6 is 0 Å². The Bertz CT molecular complexity index is 336. The van der Waals surface area contributed by atoms with Crippen molar-refractivity contribution in [3.05, 3.63) is 29.8 Å². The van der Waals surface area contributed by atoms with Gasteiger partial charge in [0.05, 0.1) is 12.1 Å². The van der Waals surface area contributed by atoms with E-state index in [0.29, 0.717) is 0 Å². The lowest BCUT2D eigenvalue weighted by molar-refractivity contribution is 0.210. The minimum atomic E-state index is -0.412. The van der Waals surface area contributed by atoms with Crippen molar-refractivity contribution in [2.24, 2.45) is 5.73 Å². The molecule has 0 aromatic heterocycles. The lowest BCUT2D eigenvalue weighted by Crippen LogP contribution is -2.46. The predicted octanol–water partition coefficient (Wildman–Crippen LogP) is 0.895. The van der Waals surface area contributed by atoms with Gasteiger partial charge in [0.2, 0.25) is 0 Å². The van der Waals surface area contributed by atoms with Gasteiger partial charge in [-0.05, 0) is 25.5 Å². The third kappa shape index (κ3) is 2.13. The van der Waals surface area contributed by atoms with Crippen LogP contribution in [0.3, 0.4) is 0 Å². The van der Waals surface area contributed by atoms with Crippen molar-refractivity contribution in [2.45, 2.75) is 18.9 Å². The lowest BCUT2D eigenvalue weighted by Gasteiger charge is -2.23. The molecule has 1 aromatic rings. The van der Waals surface area contributed by atoms with Gasteiger partial charge >= 0.3 is 0 Å². The standard InChI is InChI=1S/C12H18N2O/c1-10-2-4-11(5-3-10)14-7-6-12(13,8-14)9-15/h2-5,15H,6-9,13H2,1H3. The maximum absolute atomic E-state index is 9.18. The molecule has 1 heterocycles. The van der Waals surface area contributed by atoms with E-state index in [-0.39, 0.29) is 6.61 Å². The Kier molecular flexibility index (Phi) is 2.67. The highest BCUT2D eigenvalue weighted by Crippen LogP contribution is 2.24. The van der Waals surface area contributed by atoms with Crippen LogP contribution in [0, 0.1) is 6.92 Å². The zero-order valence-corrected chi connectivity index (χ0v) is 9.11. The smallest absolute Gasteiger partial charge is 0.0629 e. The summed E-state index contributed by atoms with van der Waals surface area (Å²) in [6.07, 6.45) is 0.859. The summed E-state index contributed by atoms with van der Waals surface area (Å²) in [5.41, 5.74) is 8.07. The SMILES string of the molecule is Cc1ccc(N2CCC(N)(CO)C2)cc1. The summed E-state index contributed by atoms with van der Waals surface area (Å²) in [4.78, 5) is 2.23. The average molecular weight is 206 g/mol. The monoisotopic (exact) mass is 206 g/mol. The molecule has 1 aliphatic rings. The van der Waals surface area contributed by atoms with Crippen molar-refractivity contribution in [2.75, 3.05) is 24.6 Å². The molecule has 1 atom stereocenters. The molecule has 1 aromatic carbocycles. The number of hydrogen-bond donors (Lipinski definition) is 2. The minimum Gasteiger partial charge on any atom is -0.394 e. The summed E-state index contributed by atoms with van der Waals surface area (Å²) in [5.74, 6) is 0. The number of anilines is 1. The highest BCUT2D eigenvalue weighted by molar-refractivity contribution is 5.49. The number of aliphatic hydroxyl groups is 1. The van der Waals surface area contributed by atoms with Crippen molar-refractivity contribution in [3.63, 3.8) is 0 Å². The van der Waals surface area contributed by atoms with Crippen LogP contribution in [0.1, 0.15) is 12.0 Å². The van der Waals surface area contributed by atoms with Gasteiger partial charge in [-0.2, -0.15) is 0 Å². The van der Waals surface area contributed by atoms with Gasteiger partial charge in [-0.25, -0.2) is 0 Å². The van der Waals surface area contributed by atoms with Crippen molar-refractivity contribution in [1.82, 2.24) is 0 Å². The van der Waals surface area contributed by atoms with Crippen molar-refractivity contribution in [1.29, 1.82) is 0 Å². The van der Waals surface area contributed by atoms with Gasteiger partial charge in [0.15, 0.2) is 0 Å². The maximum atomic E-state index is 9.18. The second kappa shape index (κ2) is 3.83. The number of nitrogens with zero attached hydrogens (tertiary/aromatic N) is 1. The highest BCUT2D eigenvalue weighted by atomic mass is 16.3. The Hall–Kier alpha value is -1.06. The van der Waals surface area contributed by atoms with Crippen LogP contribution in [0.2, 0.25) is 0 Å². The first-order valence-corrected chi connectivity index (χ1v) is 5.34. The molecule has 0 amide bonds. The fourth-order valence-corrected chi connectivity index (χ4v) is 2.00. The first kappa shape index (κ1) is 10.5. The molecule has 1 saturated heterocycles. The molecule has 2 rings (SSSR count). The van der Waals surface area contributed by atoms with E-state index in [1.807, 2.05) is 0 Å². The number of aryl methyl sites for hydroxylation is 1. The second-order valence-electron chi connectivity index (χ2n) is 4.53. The first-order chi connectivity index (χ1) is 7.13. The molecule has 15 heavy (non-hydrogen) atoms. The van der Waals surface area contributed by atoms with Crippen LogP contribution in [0.4, 0.5) is 5.69 Å². The number of nitrogens with two attached hydrogens (primary N) is 1. The number of rotatable bonds is 2. The number of aliphatic hydroxyl groups excluding tert-OH is 1. The van der Waals surface area contributed by atoms with Gasteiger partial charge in [-0.1, -0.05) is 17.7 Å². The summed E-state index contributed by atoms with van der Waals surface area (Å²) in [6.45, 7) is 3.82. The van der Waals surface area contributed by atoms with Crippen LogP contribution in [-0.4, -0.2) is 30.3 Å². The fraction of sp³-hybridized carbons (Fsp3) is 0.500. The van der Waals surface area contributed by atoms with Crippen LogP contribution in [0.15, 0.2) is 24.3 Å². The Morgan fingerprint density at radius 1 is 1.40 bits per heavy atom. The molecule has 82 valence electrons. The summed E-state index contributed by atoms with van der Waals surface area (Å²) >= 11 is 0. The molecule has 0 bridgehead atoms. The fourth-order valence-electron chi connectivity index (χ4n) is 2.00. The minimum absolute atomic E-state index is 0.0648. The zero-order valence-electron chi connectivity index (χ0n) is 9.11. The molecule has 3 nitrogen and oxygen atoms in total. The highest BCUT2D eigenvalue weighted by Gasteiger charge is 2.33. The molecular weight excluding hydrogens is 188 g/mol. The molecule has 0 aliphatic carbocycles. The molecular formula is C12H18N2O. The average Bonchev–Trinajstić information content (AvgIpc) is 2.63. The molecule has 3 N–H and O–H groups in total. The number of benzene rings is 1. The van der Waals surface area contributed by atoms with E-state index in [2.05, 4.69) is 36.1 Å². The van der Waals surface area contributed by atoms with Gasteiger partial charge < -0.3 is 15.7 Å². The Balaban J connectivity index is 2.11. The molecule has 0 spiro atoms. The Morgan fingerprint density at radius 2 is 2.07 bits per heavy atom. The topological polar surface area (TPSA) is 49.5 Å². The van der Waals surface area contributed by atoms with Crippen molar-refractivity contribution < 1.29 is 5.11 Å². The molecule has 1 unspecified atom stereocenters. The molecule has 0 saturated carbocycles. The zero-order chi connectivity index (χ0) is 10.9. The van der Waals surface area contributed by atoms with Crippen LogP contribution < -0.4 is 10.6 Å². The van der Waals surface area contributed by atoms with Gasteiger partial charge in [0.25, 0.3) is 0 Å². The normalized spacial score (nSPS) is 25.9. The molecule has 1 fully saturated rings. The number of hydrogen-bond acceptors (Lipinski definition) is 3. The van der Waals surface area contributed by atoms with Gasteiger partial charge in [-0.3, -0.25) is 0 Å². The largest absolute Gasteiger partial charge is 0.394 e. The molecule has 1 aliphatic heterocycles. The van der Waals surface area contributed by atoms with E-state index in [9.17, 15) is 5.11 Å². The van der Waals surface area contributed by atoms with Gasteiger partial charge in [0, 0.05) is 18.8 Å². The predicted molar refractivity (Wildman–Crippen MR) is 62.0 cm³/mol. The van der Waals surface area contributed by atoms with Crippen molar-refractivity contribution >= 4 is 5.69 Å². The third-order valence-corrected chi connectivity index (χ3v) is 3.10. The third-order valence-electron chi connectivity index (χ3n) is 3.10. The summed E-state index contributed by atoms with van der Waals surface area (Å²) in [7, 11) is 0. The first-order valence-electron chi connectivity index (χ1n) is 5.34.